The van der Waals surface area contributed by atoms with Crippen molar-refractivity contribution < 1.29 is 4.79 Å². The number of carbonyl (C=O) groups is 1. The van der Waals surface area contributed by atoms with Gasteiger partial charge in [0.05, 0.1) is 4.88 Å². The Morgan fingerprint density at radius 3 is 2.83 bits per heavy atom. The van der Waals surface area contributed by atoms with E-state index in [0.29, 0.717) is 12.0 Å². The molecule has 100 valence electrons. The number of fused-ring (bicyclic) bond motifs is 1. The zero-order valence-corrected chi connectivity index (χ0v) is 12.6. The van der Waals surface area contributed by atoms with Gasteiger partial charge >= 0.3 is 0 Å². The first-order valence-electron chi connectivity index (χ1n) is 6.81. The third-order valence-electron chi connectivity index (χ3n) is 3.87. The number of hydrogen-bond acceptors (Lipinski definition) is 2. The van der Waals surface area contributed by atoms with E-state index in [1.54, 1.807) is 11.3 Å². The Hall–Kier alpha value is -0.830. The lowest BCUT2D eigenvalue weighted by Gasteiger charge is -2.33. The molecule has 0 bridgehead atoms. The van der Waals surface area contributed by atoms with Crippen molar-refractivity contribution in [2.75, 3.05) is 6.54 Å². The summed E-state index contributed by atoms with van der Waals surface area (Å²) in [5, 5.41) is 2.88. The second kappa shape index (κ2) is 5.04. The number of thiophene rings is 1. The van der Waals surface area contributed by atoms with Crippen molar-refractivity contribution in [1.82, 2.24) is 5.32 Å². The van der Waals surface area contributed by atoms with Gasteiger partial charge in [0, 0.05) is 11.4 Å². The molecular formula is C15H23NOS. The summed E-state index contributed by atoms with van der Waals surface area (Å²) < 4.78 is 0. The molecule has 0 unspecified atom stereocenters. The molecule has 18 heavy (non-hydrogen) atoms. The summed E-state index contributed by atoms with van der Waals surface area (Å²) in [4.78, 5) is 14.2. The molecular weight excluding hydrogens is 242 g/mol. The van der Waals surface area contributed by atoms with Crippen molar-refractivity contribution in [2.45, 2.75) is 47.0 Å². The van der Waals surface area contributed by atoms with Crippen LogP contribution in [0.4, 0.5) is 0 Å². The normalized spacial score (nSPS) is 19.4. The summed E-state index contributed by atoms with van der Waals surface area (Å²) in [5.41, 5.74) is 1.78. The minimum absolute atomic E-state index is 0.0872. The second-order valence-corrected chi connectivity index (χ2v) is 7.36. The second-order valence-electron chi connectivity index (χ2n) is 6.22. The van der Waals surface area contributed by atoms with E-state index < -0.39 is 0 Å². The molecule has 2 nitrogen and oxygen atoms in total. The van der Waals surface area contributed by atoms with Gasteiger partial charge in [-0.1, -0.05) is 20.8 Å². The van der Waals surface area contributed by atoms with Crippen molar-refractivity contribution in [3.05, 3.63) is 21.4 Å². The van der Waals surface area contributed by atoms with Crippen LogP contribution in [0, 0.1) is 11.3 Å². The third-order valence-corrected chi connectivity index (χ3v) is 5.10. The smallest absolute Gasteiger partial charge is 0.261 e. The Morgan fingerprint density at radius 2 is 2.22 bits per heavy atom. The van der Waals surface area contributed by atoms with Crippen LogP contribution in [-0.2, 0) is 12.8 Å². The molecule has 0 radical (unpaired) electrons. The summed E-state index contributed by atoms with van der Waals surface area (Å²) in [5.74, 6) is 0.825. The van der Waals surface area contributed by atoms with Crippen LogP contribution in [-0.4, -0.2) is 12.5 Å². The van der Waals surface area contributed by atoms with Crippen LogP contribution in [0.2, 0.25) is 0 Å². The maximum atomic E-state index is 11.8. The summed E-state index contributed by atoms with van der Waals surface area (Å²) in [6.45, 7) is 9.62. The molecule has 1 aliphatic rings. The molecule has 1 aromatic heterocycles. The predicted octanol–water partition coefficient (Wildman–Crippen LogP) is 3.65. The fraction of sp³-hybridized carbons (Fsp3) is 0.667. The topological polar surface area (TPSA) is 29.1 Å². The van der Waals surface area contributed by atoms with Crippen molar-refractivity contribution in [3.8, 4) is 0 Å². The molecule has 0 fully saturated rings. The fourth-order valence-corrected chi connectivity index (χ4v) is 3.75. The van der Waals surface area contributed by atoms with Crippen LogP contribution in [0.25, 0.3) is 0 Å². The minimum Gasteiger partial charge on any atom is -0.352 e. The van der Waals surface area contributed by atoms with Gasteiger partial charge in [-0.05, 0) is 49.1 Å². The van der Waals surface area contributed by atoms with Gasteiger partial charge in [0.2, 0.25) is 0 Å². The summed E-state index contributed by atoms with van der Waals surface area (Å²) in [6.07, 6.45) is 3.53. The van der Waals surface area contributed by atoms with Gasteiger partial charge in [-0.25, -0.2) is 0 Å². The van der Waals surface area contributed by atoms with Gasteiger partial charge in [0.1, 0.15) is 0 Å². The molecule has 0 saturated heterocycles. The summed E-state index contributed by atoms with van der Waals surface area (Å²) in [6, 6.07) is 2.11. The average Bonchev–Trinajstić information content (AvgIpc) is 2.70. The standard InChI is InChI=1S/C15H23NOS/c1-5-16-14(17)13-9-10-8-11(15(2,3)4)6-7-12(10)18-13/h9,11H,5-8H2,1-4H3,(H,16,17)/t11-/m1/s1. The average molecular weight is 265 g/mol. The number of amides is 1. The van der Waals surface area contributed by atoms with E-state index >= 15 is 0 Å². The van der Waals surface area contributed by atoms with Crippen molar-refractivity contribution in [3.63, 3.8) is 0 Å². The number of nitrogens with one attached hydrogen (secondary N) is 1. The molecule has 0 aromatic carbocycles. The maximum Gasteiger partial charge on any atom is 0.261 e. The van der Waals surface area contributed by atoms with E-state index in [-0.39, 0.29) is 5.91 Å². The first-order chi connectivity index (χ1) is 8.41. The maximum absolute atomic E-state index is 11.8. The highest BCUT2D eigenvalue weighted by Gasteiger charge is 2.30. The van der Waals surface area contributed by atoms with Gasteiger partial charge in [-0.3, -0.25) is 4.79 Å². The number of hydrogen-bond donors (Lipinski definition) is 1. The lowest BCUT2D eigenvalue weighted by Crippen LogP contribution is -2.26. The summed E-state index contributed by atoms with van der Waals surface area (Å²) in [7, 11) is 0. The fourth-order valence-electron chi connectivity index (χ4n) is 2.62. The number of carbonyl (C=O) groups excluding carboxylic acids is 1. The molecule has 1 aromatic rings. The highest BCUT2D eigenvalue weighted by atomic mass is 32.1. The number of rotatable bonds is 2. The largest absolute Gasteiger partial charge is 0.352 e. The first kappa shape index (κ1) is 13.6. The molecule has 1 aliphatic carbocycles. The molecule has 0 spiro atoms. The molecule has 1 heterocycles. The molecule has 2 rings (SSSR count). The monoisotopic (exact) mass is 265 g/mol. The quantitative estimate of drug-likeness (QED) is 0.869. The minimum atomic E-state index is 0.0872. The highest BCUT2D eigenvalue weighted by Crippen LogP contribution is 2.39. The zero-order chi connectivity index (χ0) is 13.3. The van der Waals surface area contributed by atoms with Crippen molar-refractivity contribution in [1.29, 1.82) is 0 Å². The van der Waals surface area contributed by atoms with Crippen LogP contribution in [0.5, 0.6) is 0 Å². The molecule has 1 amide bonds. The SMILES string of the molecule is CCNC(=O)c1cc2c(s1)CC[C@@H](C(C)(C)C)C2. The van der Waals surface area contributed by atoms with Crippen LogP contribution >= 0.6 is 11.3 Å². The van der Waals surface area contributed by atoms with Gasteiger partial charge in [0.15, 0.2) is 0 Å². The predicted molar refractivity (Wildman–Crippen MR) is 77.3 cm³/mol. The van der Waals surface area contributed by atoms with Gasteiger partial charge < -0.3 is 5.32 Å². The van der Waals surface area contributed by atoms with Gasteiger partial charge in [0.25, 0.3) is 5.91 Å². The molecule has 3 heteroatoms. The van der Waals surface area contributed by atoms with Crippen LogP contribution < -0.4 is 5.32 Å². The summed E-state index contributed by atoms with van der Waals surface area (Å²) >= 11 is 1.68. The van der Waals surface area contributed by atoms with Crippen LogP contribution in [0.3, 0.4) is 0 Å². The lowest BCUT2D eigenvalue weighted by molar-refractivity contribution is 0.0960. The van der Waals surface area contributed by atoms with E-state index in [2.05, 4.69) is 32.2 Å². The lowest BCUT2D eigenvalue weighted by atomic mass is 9.72. The Morgan fingerprint density at radius 1 is 1.50 bits per heavy atom. The van der Waals surface area contributed by atoms with Crippen LogP contribution in [0.1, 0.15) is 54.2 Å². The van der Waals surface area contributed by atoms with Crippen molar-refractivity contribution in [2.24, 2.45) is 11.3 Å². The zero-order valence-electron chi connectivity index (χ0n) is 11.8. The first-order valence-corrected chi connectivity index (χ1v) is 7.63. The van der Waals surface area contributed by atoms with E-state index in [4.69, 9.17) is 0 Å². The third kappa shape index (κ3) is 2.77. The van der Waals surface area contributed by atoms with Gasteiger partial charge in [-0.2, -0.15) is 0 Å². The molecule has 0 aliphatic heterocycles. The van der Waals surface area contributed by atoms with E-state index in [9.17, 15) is 4.79 Å². The van der Waals surface area contributed by atoms with Gasteiger partial charge in [-0.15, -0.1) is 11.3 Å². The van der Waals surface area contributed by atoms with E-state index in [1.807, 2.05) is 6.92 Å². The van der Waals surface area contributed by atoms with Crippen molar-refractivity contribution >= 4 is 17.2 Å². The molecule has 1 atom stereocenters. The number of aryl methyl sites for hydroxylation is 1. The Labute approximate surface area is 114 Å². The van der Waals surface area contributed by atoms with E-state index in [0.717, 1.165) is 23.6 Å². The Kier molecular flexibility index (Phi) is 3.81. The highest BCUT2D eigenvalue weighted by molar-refractivity contribution is 7.14. The Balaban J connectivity index is 2.16. The molecule has 0 saturated carbocycles. The molecule has 1 N–H and O–H groups in total. The Bertz CT molecular complexity index is 442. The van der Waals surface area contributed by atoms with Crippen LogP contribution in [0.15, 0.2) is 6.07 Å². The van der Waals surface area contributed by atoms with E-state index in [1.165, 1.54) is 16.9 Å².